The topological polar surface area (TPSA) is 114 Å². The molecule has 1 aliphatic rings. The number of nitrogens with one attached hydrogen (secondary N) is 1. The SMILES string of the molecule is N#Cc1c(F)cccc1NC(=O)N1C[C@H](O)C[C@H]1C(=O)O. The number of rotatable bonds is 2. The van der Waals surface area contributed by atoms with Crippen LogP contribution in [0.2, 0.25) is 0 Å². The van der Waals surface area contributed by atoms with Crippen LogP contribution in [0, 0.1) is 17.1 Å². The number of hydrogen-bond acceptors (Lipinski definition) is 4. The summed E-state index contributed by atoms with van der Waals surface area (Å²) in [5.41, 5.74) is -0.384. The lowest BCUT2D eigenvalue weighted by molar-refractivity contribution is -0.141. The molecule has 0 saturated carbocycles. The van der Waals surface area contributed by atoms with E-state index in [0.717, 1.165) is 11.0 Å². The smallest absolute Gasteiger partial charge is 0.326 e. The second-order valence-corrected chi connectivity index (χ2v) is 4.60. The van der Waals surface area contributed by atoms with Crippen molar-refractivity contribution in [2.45, 2.75) is 18.6 Å². The number of hydrogen-bond donors (Lipinski definition) is 3. The second kappa shape index (κ2) is 5.76. The fourth-order valence-electron chi connectivity index (χ4n) is 2.20. The van der Waals surface area contributed by atoms with Crippen LogP contribution in [0.4, 0.5) is 14.9 Å². The Bertz CT molecular complexity index is 628. The van der Waals surface area contributed by atoms with Crippen molar-refractivity contribution in [2.24, 2.45) is 0 Å². The number of benzene rings is 1. The standard InChI is InChI=1S/C13H12FN3O4/c14-9-2-1-3-10(8(9)5-15)16-13(21)17-6-7(18)4-11(17)12(19)20/h1-3,7,11,18H,4,6H2,(H,16,21)(H,19,20)/t7-,11+/m1/s1. The molecule has 1 fully saturated rings. The first-order chi connectivity index (χ1) is 9.93. The van der Waals surface area contributed by atoms with E-state index in [9.17, 15) is 19.1 Å². The van der Waals surface area contributed by atoms with E-state index in [-0.39, 0.29) is 24.2 Å². The third-order valence-corrected chi connectivity index (χ3v) is 3.19. The molecule has 7 nitrogen and oxygen atoms in total. The van der Waals surface area contributed by atoms with Gasteiger partial charge in [-0.05, 0) is 12.1 Å². The zero-order valence-electron chi connectivity index (χ0n) is 10.8. The predicted octanol–water partition coefficient (Wildman–Crippen LogP) is 0.749. The second-order valence-electron chi connectivity index (χ2n) is 4.60. The Morgan fingerprint density at radius 1 is 1.48 bits per heavy atom. The van der Waals surface area contributed by atoms with Gasteiger partial charge in [0.15, 0.2) is 0 Å². The number of β-amino-alcohol motifs (C(OH)–C–C–N with tert-alkyl or cyclic N) is 1. The summed E-state index contributed by atoms with van der Waals surface area (Å²) < 4.78 is 13.4. The molecule has 0 aliphatic carbocycles. The van der Waals surface area contributed by atoms with E-state index >= 15 is 0 Å². The van der Waals surface area contributed by atoms with Gasteiger partial charge in [-0.25, -0.2) is 14.0 Å². The van der Waals surface area contributed by atoms with E-state index in [1.165, 1.54) is 12.1 Å². The summed E-state index contributed by atoms with van der Waals surface area (Å²) in [6, 6.07) is 3.40. The first-order valence-electron chi connectivity index (χ1n) is 6.11. The van der Waals surface area contributed by atoms with Gasteiger partial charge in [-0.3, -0.25) is 0 Å². The number of carboxylic acid groups (broad SMARTS) is 1. The maximum absolute atomic E-state index is 13.4. The van der Waals surface area contributed by atoms with Crippen LogP contribution in [-0.2, 0) is 4.79 Å². The molecular formula is C13H12FN3O4. The summed E-state index contributed by atoms with van der Waals surface area (Å²) >= 11 is 0. The van der Waals surface area contributed by atoms with Gasteiger partial charge in [0.1, 0.15) is 23.5 Å². The quantitative estimate of drug-likeness (QED) is 0.744. The monoisotopic (exact) mass is 293 g/mol. The van der Waals surface area contributed by atoms with Crippen LogP contribution < -0.4 is 5.32 Å². The number of amides is 2. The molecular weight excluding hydrogens is 281 g/mol. The molecule has 0 unspecified atom stereocenters. The molecule has 0 radical (unpaired) electrons. The van der Waals surface area contributed by atoms with Gasteiger partial charge in [0.2, 0.25) is 0 Å². The van der Waals surface area contributed by atoms with Gasteiger partial charge < -0.3 is 20.4 Å². The Morgan fingerprint density at radius 2 is 2.19 bits per heavy atom. The number of urea groups is 1. The fourth-order valence-corrected chi connectivity index (χ4v) is 2.20. The summed E-state index contributed by atoms with van der Waals surface area (Å²) in [7, 11) is 0. The van der Waals surface area contributed by atoms with Crippen molar-refractivity contribution >= 4 is 17.7 Å². The average Bonchev–Trinajstić information content (AvgIpc) is 2.81. The molecule has 0 aromatic heterocycles. The zero-order valence-corrected chi connectivity index (χ0v) is 10.8. The summed E-state index contributed by atoms with van der Waals surface area (Å²) in [5, 5.41) is 29.7. The van der Waals surface area contributed by atoms with Gasteiger partial charge in [0.25, 0.3) is 0 Å². The minimum absolute atomic E-state index is 0.0481. The van der Waals surface area contributed by atoms with Crippen molar-refractivity contribution in [3.8, 4) is 6.07 Å². The molecule has 3 N–H and O–H groups in total. The Labute approximate surface area is 119 Å². The van der Waals surface area contributed by atoms with Crippen LogP contribution >= 0.6 is 0 Å². The highest BCUT2D eigenvalue weighted by molar-refractivity contribution is 5.93. The molecule has 1 aliphatic heterocycles. The van der Waals surface area contributed by atoms with Gasteiger partial charge in [-0.1, -0.05) is 6.07 Å². The number of nitriles is 1. The van der Waals surface area contributed by atoms with Crippen LogP contribution in [0.1, 0.15) is 12.0 Å². The number of nitrogens with zero attached hydrogens (tertiary/aromatic N) is 2. The van der Waals surface area contributed by atoms with E-state index in [4.69, 9.17) is 10.4 Å². The van der Waals surface area contributed by atoms with Gasteiger partial charge >= 0.3 is 12.0 Å². The number of aliphatic hydroxyl groups excluding tert-OH is 1. The van der Waals surface area contributed by atoms with E-state index in [1.807, 2.05) is 0 Å². The largest absolute Gasteiger partial charge is 0.480 e. The Kier molecular flexibility index (Phi) is 4.05. The number of likely N-dealkylation sites (tertiary alicyclic amines) is 1. The number of aliphatic hydroxyl groups is 1. The number of carboxylic acids is 1. The van der Waals surface area contributed by atoms with E-state index in [2.05, 4.69) is 5.32 Å². The summed E-state index contributed by atoms with van der Waals surface area (Å²) in [6.45, 7) is -0.139. The van der Waals surface area contributed by atoms with Crippen LogP contribution in [0.3, 0.4) is 0 Å². The lowest BCUT2D eigenvalue weighted by Gasteiger charge is -2.21. The Hall–Kier alpha value is -2.66. The van der Waals surface area contributed by atoms with E-state index in [1.54, 1.807) is 6.07 Å². The number of carbonyl (C=O) groups excluding carboxylic acids is 1. The van der Waals surface area contributed by atoms with Gasteiger partial charge in [-0.15, -0.1) is 0 Å². The van der Waals surface area contributed by atoms with Crippen LogP contribution in [0.5, 0.6) is 0 Å². The van der Waals surface area contributed by atoms with Crippen molar-refractivity contribution in [2.75, 3.05) is 11.9 Å². The maximum atomic E-state index is 13.4. The highest BCUT2D eigenvalue weighted by Crippen LogP contribution is 2.22. The molecule has 8 heteroatoms. The highest BCUT2D eigenvalue weighted by atomic mass is 19.1. The third-order valence-electron chi connectivity index (χ3n) is 3.19. The minimum atomic E-state index is -1.23. The molecule has 0 spiro atoms. The predicted molar refractivity (Wildman–Crippen MR) is 68.9 cm³/mol. The molecule has 2 atom stereocenters. The fraction of sp³-hybridized carbons (Fsp3) is 0.308. The van der Waals surface area contributed by atoms with Crippen molar-refractivity contribution in [1.29, 1.82) is 5.26 Å². The lowest BCUT2D eigenvalue weighted by Crippen LogP contribution is -2.43. The normalized spacial score (nSPS) is 20.9. The molecule has 2 amide bonds. The summed E-state index contributed by atoms with van der Waals surface area (Å²) in [6.07, 6.45) is -1.00. The zero-order chi connectivity index (χ0) is 15.6. The number of halogens is 1. The summed E-state index contributed by atoms with van der Waals surface area (Å²) in [5.74, 6) is -2.02. The number of carbonyl (C=O) groups is 2. The highest BCUT2D eigenvalue weighted by Gasteiger charge is 2.39. The molecule has 110 valence electrons. The third kappa shape index (κ3) is 2.93. The lowest BCUT2D eigenvalue weighted by atomic mass is 10.2. The van der Waals surface area contributed by atoms with E-state index < -0.39 is 30.0 Å². The van der Waals surface area contributed by atoms with E-state index in [0.29, 0.717) is 0 Å². The molecule has 2 rings (SSSR count). The van der Waals surface area contributed by atoms with Crippen molar-refractivity contribution in [3.05, 3.63) is 29.6 Å². The van der Waals surface area contributed by atoms with Crippen molar-refractivity contribution in [1.82, 2.24) is 4.90 Å². The maximum Gasteiger partial charge on any atom is 0.326 e. The summed E-state index contributed by atoms with van der Waals surface area (Å²) in [4.78, 5) is 24.1. The average molecular weight is 293 g/mol. The molecule has 1 saturated heterocycles. The van der Waals surface area contributed by atoms with Gasteiger partial charge in [0, 0.05) is 13.0 Å². The van der Waals surface area contributed by atoms with Crippen LogP contribution in [-0.4, -0.2) is 45.8 Å². The molecule has 21 heavy (non-hydrogen) atoms. The van der Waals surface area contributed by atoms with Crippen molar-refractivity contribution in [3.63, 3.8) is 0 Å². The van der Waals surface area contributed by atoms with Gasteiger partial charge in [0.05, 0.1) is 11.8 Å². The van der Waals surface area contributed by atoms with Gasteiger partial charge in [-0.2, -0.15) is 5.26 Å². The molecule has 1 heterocycles. The number of aliphatic carboxylic acids is 1. The first-order valence-corrected chi connectivity index (χ1v) is 6.11. The first kappa shape index (κ1) is 14.7. The van der Waals surface area contributed by atoms with Crippen LogP contribution in [0.15, 0.2) is 18.2 Å². The minimum Gasteiger partial charge on any atom is -0.480 e. The molecule has 1 aromatic rings. The number of anilines is 1. The molecule has 0 bridgehead atoms. The Balaban J connectivity index is 2.21. The van der Waals surface area contributed by atoms with Crippen LogP contribution in [0.25, 0.3) is 0 Å². The molecule has 1 aromatic carbocycles. The Morgan fingerprint density at radius 3 is 2.81 bits per heavy atom. The van der Waals surface area contributed by atoms with Crippen molar-refractivity contribution < 1.29 is 24.2 Å².